The van der Waals surface area contributed by atoms with Crippen LogP contribution in [0.5, 0.6) is 0 Å². The first-order valence-electron chi connectivity index (χ1n) is 3.77. The van der Waals surface area contributed by atoms with Gasteiger partial charge in [0.25, 0.3) is 0 Å². The summed E-state index contributed by atoms with van der Waals surface area (Å²) in [5.74, 6) is 0. The second-order valence-electron chi connectivity index (χ2n) is 3.69. The first-order chi connectivity index (χ1) is 4.39. The molecule has 0 amide bonds. The fourth-order valence-electron chi connectivity index (χ4n) is 0.744. The van der Waals surface area contributed by atoms with E-state index in [0.717, 1.165) is 6.42 Å². The van der Waals surface area contributed by atoms with Gasteiger partial charge in [0, 0.05) is 0 Å². The summed E-state index contributed by atoms with van der Waals surface area (Å²) in [6, 6.07) is 0. The highest BCUT2D eigenvalue weighted by molar-refractivity contribution is 6.83. The molecule has 0 heterocycles. The number of allylic oxidation sites excluding steroid dienone is 2. The van der Waals surface area contributed by atoms with Gasteiger partial charge in [0.15, 0.2) is 0 Å². The summed E-state index contributed by atoms with van der Waals surface area (Å²) in [7, 11) is -1.14. The van der Waals surface area contributed by atoms with Crippen LogP contribution in [0, 0.1) is 0 Å². The van der Waals surface area contributed by atoms with Crippen LogP contribution in [-0.2, 0) is 0 Å². The van der Waals surface area contributed by atoms with Gasteiger partial charge in [-0.2, -0.15) is 0 Å². The Kier molecular flexibility index (Phi) is 3.10. The molecule has 0 rings (SSSR count). The van der Waals surface area contributed by atoms with Crippen molar-refractivity contribution < 1.29 is 0 Å². The molecule has 0 aliphatic carbocycles. The lowest BCUT2D eigenvalue weighted by Crippen LogP contribution is -2.23. The van der Waals surface area contributed by atoms with E-state index in [9.17, 15) is 0 Å². The highest BCUT2D eigenvalue weighted by Gasteiger charge is 2.18. The average molecular weight is 154 g/mol. The van der Waals surface area contributed by atoms with Crippen molar-refractivity contribution in [1.29, 1.82) is 0 Å². The van der Waals surface area contributed by atoms with Crippen LogP contribution in [0.4, 0.5) is 0 Å². The first-order valence-corrected chi connectivity index (χ1v) is 7.27. The van der Waals surface area contributed by atoms with Crippen molar-refractivity contribution in [1.82, 2.24) is 0 Å². The molecule has 0 atom stereocenters. The van der Waals surface area contributed by atoms with Gasteiger partial charge in [-0.05, 0) is 6.42 Å². The van der Waals surface area contributed by atoms with Gasteiger partial charge in [0.2, 0.25) is 0 Å². The SMILES string of the molecule is C=C(CC)C(=C)[Si](C)(C)C. The van der Waals surface area contributed by atoms with Crippen molar-refractivity contribution in [3.63, 3.8) is 0 Å². The van der Waals surface area contributed by atoms with Gasteiger partial charge in [-0.15, -0.1) is 0 Å². The third kappa shape index (κ3) is 2.52. The molecule has 0 saturated heterocycles. The minimum Gasteiger partial charge on any atom is -0.0996 e. The predicted octanol–water partition coefficient (Wildman–Crippen LogP) is 3.39. The van der Waals surface area contributed by atoms with E-state index in [1.165, 1.54) is 10.8 Å². The Bertz CT molecular complexity index is 149. The van der Waals surface area contributed by atoms with Crippen molar-refractivity contribution in [3.05, 3.63) is 23.9 Å². The lowest BCUT2D eigenvalue weighted by molar-refractivity contribution is 1.14. The van der Waals surface area contributed by atoms with Crippen molar-refractivity contribution in [2.45, 2.75) is 33.0 Å². The molecule has 0 unspecified atom stereocenters. The van der Waals surface area contributed by atoms with Crippen LogP contribution < -0.4 is 0 Å². The Hall–Kier alpha value is -0.303. The van der Waals surface area contributed by atoms with E-state index in [4.69, 9.17) is 0 Å². The summed E-state index contributed by atoms with van der Waals surface area (Å²) < 4.78 is 0. The maximum atomic E-state index is 4.06. The molecule has 0 aromatic heterocycles. The molecule has 0 aliphatic rings. The van der Waals surface area contributed by atoms with Crippen LogP contribution in [0.1, 0.15) is 13.3 Å². The largest absolute Gasteiger partial charge is 0.0996 e. The van der Waals surface area contributed by atoms with E-state index < -0.39 is 8.07 Å². The molecule has 0 nitrogen and oxygen atoms in total. The highest BCUT2D eigenvalue weighted by atomic mass is 28.3. The molecular formula is C9H18Si. The molecule has 0 spiro atoms. The maximum Gasteiger partial charge on any atom is 0.0771 e. The van der Waals surface area contributed by atoms with Gasteiger partial charge in [-0.1, -0.05) is 50.5 Å². The van der Waals surface area contributed by atoms with Crippen molar-refractivity contribution in [2.24, 2.45) is 0 Å². The summed E-state index contributed by atoms with van der Waals surface area (Å²) in [5.41, 5.74) is 1.24. The first kappa shape index (κ1) is 9.70. The average Bonchev–Trinajstić information content (AvgIpc) is 1.83. The fraction of sp³-hybridized carbons (Fsp3) is 0.556. The van der Waals surface area contributed by atoms with Crippen LogP contribution >= 0.6 is 0 Å². The van der Waals surface area contributed by atoms with Gasteiger partial charge in [0.05, 0.1) is 8.07 Å². The zero-order valence-electron chi connectivity index (χ0n) is 7.62. The van der Waals surface area contributed by atoms with E-state index in [-0.39, 0.29) is 0 Å². The topological polar surface area (TPSA) is 0 Å². The minimum absolute atomic E-state index is 1.04. The second-order valence-corrected chi connectivity index (χ2v) is 8.79. The second kappa shape index (κ2) is 3.20. The summed E-state index contributed by atoms with van der Waals surface area (Å²) >= 11 is 0. The molecule has 0 fully saturated rings. The number of rotatable bonds is 3. The third-order valence-corrected chi connectivity index (χ3v) is 3.92. The fourth-order valence-corrected chi connectivity index (χ4v) is 1.98. The number of hydrogen-bond acceptors (Lipinski definition) is 0. The Balaban J connectivity index is 4.24. The van der Waals surface area contributed by atoms with Gasteiger partial charge in [-0.25, -0.2) is 0 Å². The Morgan fingerprint density at radius 2 is 1.60 bits per heavy atom. The van der Waals surface area contributed by atoms with Crippen LogP contribution in [0.15, 0.2) is 23.9 Å². The molecular weight excluding hydrogens is 136 g/mol. The lowest BCUT2D eigenvalue weighted by Gasteiger charge is -2.20. The highest BCUT2D eigenvalue weighted by Crippen LogP contribution is 2.20. The summed E-state index contributed by atoms with van der Waals surface area (Å²) in [6.07, 6.45) is 1.04. The Morgan fingerprint density at radius 3 is 1.70 bits per heavy atom. The van der Waals surface area contributed by atoms with Crippen molar-refractivity contribution in [3.8, 4) is 0 Å². The molecule has 58 valence electrons. The molecule has 0 aromatic carbocycles. The molecule has 1 heteroatoms. The molecule has 10 heavy (non-hydrogen) atoms. The maximum absolute atomic E-state index is 4.06. The van der Waals surface area contributed by atoms with Gasteiger partial charge in [0.1, 0.15) is 0 Å². The van der Waals surface area contributed by atoms with Gasteiger partial charge < -0.3 is 0 Å². The minimum atomic E-state index is -1.14. The lowest BCUT2D eigenvalue weighted by atomic mass is 10.2. The van der Waals surface area contributed by atoms with E-state index in [1.54, 1.807) is 0 Å². The van der Waals surface area contributed by atoms with Crippen molar-refractivity contribution >= 4 is 8.07 Å². The van der Waals surface area contributed by atoms with Crippen LogP contribution in [0.2, 0.25) is 19.6 Å². The zero-order chi connectivity index (χ0) is 8.36. The smallest absolute Gasteiger partial charge is 0.0771 e. The molecule has 0 aliphatic heterocycles. The van der Waals surface area contributed by atoms with E-state index in [0.29, 0.717) is 0 Å². The van der Waals surface area contributed by atoms with E-state index >= 15 is 0 Å². The quantitative estimate of drug-likeness (QED) is 0.432. The summed E-state index contributed by atoms with van der Waals surface area (Å²) in [5, 5.41) is 1.31. The molecule has 0 saturated carbocycles. The van der Waals surface area contributed by atoms with Crippen molar-refractivity contribution in [2.75, 3.05) is 0 Å². The van der Waals surface area contributed by atoms with Gasteiger partial charge in [-0.3, -0.25) is 0 Å². The van der Waals surface area contributed by atoms with Crippen LogP contribution in [0.3, 0.4) is 0 Å². The Labute approximate surface area is 65.7 Å². The van der Waals surface area contributed by atoms with Crippen LogP contribution in [-0.4, -0.2) is 8.07 Å². The molecule has 0 N–H and O–H groups in total. The zero-order valence-corrected chi connectivity index (χ0v) is 8.62. The molecule has 0 radical (unpaired) electrons. The van der Waals surface area contributed by atoms with E-state index in [2.05, 4.69) is 39.7 Å². The molecule has 0 aromatic rings. The monoisotopic (exact) mass is 154 g/mol. The summed E-state index contributed by atoms with van der Waals surface area (Å²) in [6.45, 7) is 17.1. The Morgan fingerprint density at radius 1 is 1.20 bits per heavy atom. The standard InChI is InChI=1S/C9H18Si/c1-7-8(2)9(3)10(4,5)6/h2-3,7H2,1,4-6H3. The van der Waals surface area contributed by atoms with Crippen LogP contribution in [0.25, 0.3) is 0 Å². The molecule has 0 bridgehead atoms. The number of hydrogen-bond donors (Lipinski definition) is 0. The van der Waals surface area contributed by atoms with E-state index in [1.807, 2.05) is 0 Å². The summed E-state index contributed by atoms with van der Waals surface area (Å²) in [4.78, 5) is 0. The third-order valence-electron chi connectivity index (χ3n) is 1.76. The predicted molar refractivity (Wildman–Crippen MR) is 51.9 cm³/mol. The van der Waals surface area contributed by atoms with Gasteiger partial charge >= 0.3 is 0 Å². The normalized spacial score (nSPS) is 11.2.